The Morgan fingerprint density at radius 2 is 2.33 bits per heavy atom. The highest BCUT2D eigenvalue weighted by molar-refractivity contribution is 5.13. The number of piperidine rings is 1. The molecule has 0 atom stereocenters. The fourth-order valence-corrected chi connectivity index (χ4v) is 1.99. The molecule has 0 N–H and O–H groups in total. The second-order valence-electron chi connectivity index (χ2n) is 3.37. The van der Waals surface area contributed by atoms with Gasteiger partial charge in [-0.3, -0.25) is 0 Å². The number of fused-ring (bicyclic) bond motifs is 2. The Labute approximate surface area is 71.5 Å². The second kappa shape index (κ2) is 3.07. The molecule has 0 amide bonds. The number of hydrogen-bond donors (Lipinski definition) is 0. The summed E-state index contributed by atoms with van der Waals surface area (Å²) in [5.74, 6) is 0.749. The molecule has 1 saturated heterocycles. The largest absolute Gasteiger partial charge is 0.375 e. The van der Waals surface area contributed by atoms with E-state index in [-0.39, 0.29) is 0 Å². The van der Waals surface area contributed by atoms with E-state index in [2.05, 4.69) is 21.0 Å². The van der Waals surface area contributed by atoms with Crippen molar-refractivity contribution in [1.82, 2.24) is 4.90 Å². The fourth-order valence-electron chi connectivity index (χ4n) is 1.99. The van der Waals surface area contributed by atoms with Crippen molar-refractivity contribution in [2.24, 2.45) is 11.0 Å². The highest BCUT2D eigenvalue weighted by Crippen LogP contribution is 2.29. The maximum absolute atomic E-state index is 8.18. The van der Waals surface area contributed by atoms with Crippen LogP contribution in [0.1, 0.15) is 12.8 Å². The van der Waals surface area contributed by atoms with Crippen LogP contribution in [-0.4, -0.2) is 24.5 Å². The van der Waals surface area contributed by atoms with Crippen LogP contribution in [0.3, 0.4) is 0 Å². The summed E-state index contributed by atoms with van der Waals surface area (Å²) in [5.41, 5.74) is 9.41. The summed E-state index contributed by atoms with van der Waals surface area (Å²) in [6.45, 7) is 2.84. The number of allylic oxidation sites excluding steroid dienone is 1. The zero-order valence-electron chi connectivity index (χ0n) is 6.98. The van der Waals surface area contributed by atoms with Crippen LogP contribution >= 0.6 is 0 Å². The van der Waals surface area contributed by atoms with Crippen LogP contribution < -0.4 is 0 Å². The third-order valence-corrected chi connectivity index (χ3v) is 2.67. The standard InChI is InChI=1S/C8H12N4/c9-11-10-6-8-5-7-1-3-12(8)4-2-7/h5,7H,1-4,6H2. The number of hydrogen-bond acceptors (Lipinski definition) is 2. The van der Waals surface area contributed by atoms with E-state index >= 15 is 0 Å². The molecule has 12 heavy (non-hydrogen) atoms. The van der Waals surface area contributed by atoms with Crippen LogP contribution in [0.5, 0.6) is 0 Å². The first kappa shape index (κ1) is 7.50. The van der Waals surface area contributed by atoms with Crippen LogP contribution in [0.2, 0.25) is 0 Å². The molecule has 2 bridgehead atoms. The van der Waals surface area contributed by atoms with E-state index < -0.39 is 0 Å². The first-order valence-corrected chi connectivity index (χ1v) is 4.36. The van der Waals surface area contributed by atoms with Gasteiger partial charge in [-0.15, -0.1) is 0 Å². The summed E-state index contributed by atoms with van der Waals surface area (Å²) >= 11 is 0. The Hall–Kier alpha value is -1.15. The van der Waals surface area contributed by atoms with Gasteiger partial charge in [0.2, 0.25) is 0 Å². The van der Waals surface area contributed by atoms with Crippen molar-refractivity contribution < 1.29 is 0 Å². The Kier molecular flexibility index (Phi) is 1.92. The first-order chi connectivity index (χ1) is 5.90. The topological polar surface area (TPSA) is 52.0 Å². The molecular weight excluding hydrogens is 152 g/mol. The predicted molar refractivity (Wildman–Crippen MR) is 46.4 cm³/mol. The number of azide groups is 1. The van der Waals surface area contributed by atoms with Crippen molar-refractivity contribution in [2.75, 3.05) is 19.6 Å². The molecule has 0 saturated carbocycles. The zero-order chi connectivity index (χ0) is 8.39. The van der Waals surface area contributed by atoms with E-state index in [1.54, 1.807) is 0 Å². The molecule has 0 aliphatic carbocycles. The third-order valence-electron chi connectivity index (χ3n) is 2.67. The SMILES string of the molecule is [N-]=[N+]=NCC1=CC2CCN1CC2. The van der Waals surface area contributed by atoms with Gasteiger partial charge < -0.3 is 4.90 Å². The number of rotatable bonds is 2. The fraction of sp³-hybridized carbons (Fsp3) is 0.750. The van der Waals surface area contributed by atoms with Gasteiger partial charge in [-0.2, -0.15) is 0 Å². The molecule has 0 unspecified atom stereocenters. The van der Waals surface area contributed by atoms with Gasteiger partial charge in [0.25, 0.3) is 0 Å². The Morgan fingerprint density at radius 1 is 1.58 bits per heavy atom. The molecule has 0 aromatic rings. The zero-order valence-corrected chi connectivity index (χ0v) is 6.98. The van der Waals surface area contributed by atoms with Crippen molar-refractivity contribution >= 4 is 0 Å². The Bertz CT molecular complexity index is 244. The van der Waals surface area contributed by atoms with Crippen LogP contribution in [0, 0.1) is 5.92 Å². The van der Waals surface area contributed by atoms with E-state index in [9.17, 15) is 0 Å². The molecule has 0 radical (unpaired) electrons. The predicted octanol–water partition coefficient (Wildman–Crippen LogP) is 1.91. The van der Waals surface area contributed by atoms with Crippen LogP contribution in [0.4, 0.5) is 0 Å². The third kappa shape index (κ3) is 1.25. The van der Waals surface area contributed by atoms with Gasteiger partial charge in [-0.25, -0.2) is 0 Å². The van der Waals surface area contributed by atoms with E-state index in [4.69, 9.17) is 5.53 Å². The van der Waals surface area contributed by atoms with Crippen LogP contribution in [0.15, 0.2) is 16.9 Å². The van der Waals surface area contributed by atoms with Gasteiger partial charge in [-0.1, -0.05) is 11.2 Å². The van der Waals surface area contributed by atoms with Gasteiger partial charge in [0.1, 0.15) is 0 Å². The van der Waals surface area contributed by atoms with E-state index in [1.165, 1.54) is 18.5 Å². The molecular formula is C8H12N4. The minimum atomic E-state index is 0.535. The summed E-state index contributed by atoms with van der Waals surface area (Å²) in [7, 11) is 0. The normalized spacial score (nSPS) is 22.0. The molecule has 0 aromatic carbocycles. The Balaban J connectivity index is 2.09. The Morgan fingerprint density at radius 3 is 2.83 bits per heavy atom. The molecule has 64 valence electrons. The van der Waals surface area contributed by atoms with Gasteiger partial charge in [0.05, 0.1) is 6.54 Å². The van der Waals surface area contributed by atoms with Crippen LogP contribution in [-0.2, 0) is 0 Å². The lowest BCUT2D eigenvalue weighted by molar-refractivity contribution is 0.217. The quantitative estimate of drug-likeness (QED) is 0.349. The summed E-state index contributed by atoms with van der Waals surface area (Å²) in [4.78, 5) is 5.10. The second-order valence-corrected chi connectivity index (χ2v) is 3.37. The first-order valence-electron chi connectivity index (χ1n) is 4.36. The van der Waals surface area contributed by atoms with E-state index in [0.29, 0.717) is 6.54 Å². The average molecular weight is 164 g/mol. The summed E-state index contributed by atoms with van der Waals surface area (Å²) in [6.07, 6.45) is 4.82. The summed E-state index contributed by atoms with van der Waals surface area (Å²) in [5, 5.41) is 3.58. The van der Waals surface area contributed by atoms with Gasteiger partial charge in [0, 0.05) is 23.7 Å². The highest BCUT2D eigenvalue weighted by atomic mass is 15.2. The van der Waals surface area contributed by atoms with Gasteiger partial charge in [0.15, 0.2) is 0 Å². The smallest absolute Gasteiger partial charge is 0.0657 e. The maximum Gasteiger partial charge on any atom is 0.0657 e. The lowest BCUT2D eigenvalue weighted by atomic mass is 9.90. The van der Waals surface area contributed by atoms with Crippen molar-refractivity contribution in [3.63, 3.8) is 0 Å². The molecule has 3 aliphatic rings. The van der Waals surface area contributed by atoms with Crippen molar-refractivity contribution in [3.05, 3.63) is 22.2 Å². The van der Waals surface area contributed by atoms with Crippen molar-refractivity contribution in [2.45, 2.75) is 12.8 Å². The van der Waals surface area contributed by atoms with E-state index in [0.717, 1.165) is 19.0 Å². The minimum absolute atomic E-state index is 0.535. The lowest BCUT2D eigenvalue weighted by Crippen LogP contribution is -2.38. The molecule has 3 rings (SSSR count). The highest BCUT2D eigenvalue weighted by Gasteiger charge is 2.24. The van der Waals surface area contributed by atoms with E-state index in [1.807, 2.05) is 0 Å². The molecule has 3 aliphatic heterocycles. The maximum atomic E-state index is 8.18. The summed E-state index contributed by atoms with van der Waals surface area (Å²) in [6, 6.07) is 0. The molecule has 4 nitrogen and oxygen atoms in total. The average Bonchev–Trinajstić information content (AvgIpc) is 2.17. The molecule has 0 aromatic heterocycles. The monoisotopic (exact) mass is 164 g/mol. The molecule has 0 spiro atoms. The van der Waals surface area contributed by atoms with Crippen molar-refractivity contribution in [3.8, 4) is 0 Å². The molecule has 4 heteroatoms. The lowest BCUT2D eigenvalue weighted by Gasteiger charge is -2.39. The molecule has 3 heterocycles. The van der Waals surface area contributed by atoms with Gasteiger partial charge in [-0.05, 0) is 24.3 Å². The number of nitrogens with zero attached hydrogens (tertiary/aromatic N) is 4. The van der Waals surface area contributed by atoms with Crippen molar-refractivity contribution in [1.29, 1.82) is 0 Å². The molecule has 1 fully saturated rings. The van der Waals surface area contributed by atoms with Crippen LogP contribution in [0.25, 0.3) is 10.4 Å². The summed E-state index contributed by atoms with van der Waals surface area (Å²) < 4.78 is 0. The van der Waals surface area contributed by atoms with Gasteiger partial charge >= 0.3 is 0 Å². The minimum Gasteiger partial charge on any atom is -0.375 e.